The van der Waals surface area contributed by atoms with Crippen LogP contribution in [-0.4, -0.2) is 11.6 Å². The van der Waals surface area contributed by atoms with Crippen LogP contribution in [0, 0.1) is 5.92 Å². The second kappa shape index (κ2) is 6.34. The summed E-state index contributed by atoms with van der Waals surface area (Å²) >= 11 is 0. The standard InChI is InChI=1S/C24H22N2O/c1-15(19-13-12-18-11-10-17-8-5-9-20(19)23(17)18)25-26-24(27)22-14-21(22)16-6-3-2-4-7-16/h2-9,12-13,21-22H,10-11,14H2,1H3,(H,26,27)/t21-,22-/m0/s1. The van der Waals surface area contributed by atoms with E-state index < -0.39 is 0 Å². The summed E-state index contributed by atoms with van der Waals surface area (Å²) in [5.74, 6) is 0.393. The molecule has 3 aromatic carbocycles. The molecule has 0 spiro atoms. The third-order valence-electron chi connectivity index (χ3n) is 5.96. The van der Waals surface area contributed by atoms with Gasteiger partial charge in [0.2, 0.25) is 5.91 Å². The molecule has 3 aromatic rings. The molecule has 2 atom stereocenters. The van der Waals surface area contributed by atoms with Crippen molar-refractivity contribution in [3.63, 3.8) is 0 Å². The Bertz CT molecular complexity index is 1060. The molecule has 0 heterocycles. The number of nitrogens with zero attached hydrogens (tertiary/aromatic N) is 1. The van der Waals surface area contributed by atoms with Gasteiger partial charge in [-0.15, -0.1) is 0 Å². The number of amides is 1. The molecular weight excluding hydrogens is 332 g/mol. The van der Waals surface area contributed by atoms with Crippen LogP contribution in [0.15, 0.2) is 65.8 Å². The van der Waals surface area contributed by atoms with Crippen molar-refractivity contribution in [2.45, 2.75) is 32.1 Å². The van der Waals surface area contributed by atoms with Gasteiger partial charge in [0.15, 0.2) is 0 Å². The van der Waals surface area contributed by atoms with Crippen molar-refractivity contribution in [1.82, 2.24) is 5.43 Å². The Morgan fingerprint density at radius 2 is 1.74 bits per heavy atom. The lowest BCUT2D eigenvalue weighted by Gasteiger charge is -2.09. The van der Waals surface area contributed by atoms with Gasteiger partial charge in [-0.1, -0.05) is 60.7 Å². The van der Waals surface area contributed by atoms with Crippen molar-refractivity contribution in [1.29, 1.82) is 0 Å². The van der Waals surface area contributed by atoms with Crippen LogP contribution in [0.3, 0.4) is 0 Å². The third kappa shape index (κ3) is 2.84. The first-order valence-electron chi connectivity index (χ1n) is 9.65. The van der Waals surface area contributed by atoms with Crippen molar-refractivity contribution >= 4 is 22.4 Å². The van der Waals surface area contributed by atoms with E-state index in [0.717, 1.165) is 30.5 Å². The van der Waals surface area contributed by atoms with Gasteiger partial charge >= 0.3 is 0 Å². The molecule has 3 heteroatoms. The van der Waals surface area contributed by atoms with Gasteiger partial charge in [0.05, 0.1) is 5.71 Å². The van der Waals surface area contributed by atoms with E-state index in [1.54, 1.807) is 0 Å². The van der Waals surface area contributed by atoms with Crippen LogP contribution in [0.1, 0.15) is 41.5 Å². The largest absolute Gasteiger partial charge is 0.273 e. The summed E-state index contributed by atoms with van der Waals surface area (Å²) in [4.78, 5) is 12.5. The van der Waals surface area contributed by atoms with Gasteiger partial charge in [-0.05, 0) is 59.6 Å². The number of aryl methyl sites for hydroxylation is 2. The molecule has 1 amide bonds. The predicted octanol–water partition coefficient (Wildman–Crippen LogP) is 4.58. The molecule has 3 nitrogen and oxygen atoms in total. The number of hydrazone groups is 1. The van der Waals surface area contributed by atoms with Crippen LogP contribution in [0.2, 0.25) is 0 Å². The maximum Gasteiger partial charge on any atom is 0.243 e. The quantitative estimate of drug-likeness (QED) is 0.541. The Hall–Kier alpha value is -2.94. The monoisotopic (exact) mass is 354 g/mol. The number of carbonyl (C=O) groups excluding carboxylic acids is 1. The number of hydrogen-bond donors (Lipinski definition) is 1. The Morgan fingerprint density at radius 1 is 0.963 bits per heavy atom. The van der Waals surface area contributed by atoms with E-state index >= 15 is 0 Å². The number of benzene rings is 3. The van der Waals surface area contributed by atoms with Gasteiger partial charge in [-0.3, -0.25) is 4.79 Å². The van der Waals surface area contributed by atoms with Gasteiger partial charge in [-0.25, -0.2) is 5.43 Å². The summed E-state index contributed by atoms with van der Waals surface area (Å²) in [5.41, 5.74) is 8.85. The number of carbonyl (C=O) groups is 1. The van der Waals surface area contributed by atoms with E-state index in [2.05, 4.69) is 53.0 Å². The van der Waals surface area contributed by atoms with Crippen LogP contribution in [0.5, 0.6) is 0 Å². The second-order valence-electron chi connectivity index (χ2n) is 7.64. The van der Waals surface area contributed by atoms with Gasteiger partial charge in [0.25, 0.3) is 0 Å². The van der Waals surface area contributed by atoms with Crippen molar-refractivity contribution in [3.05, 3.63) is 82.9 Å². The van der Waals surface area contributed by atoms with Gasteiger partial charge < -0.3 is 0 Å². The first kappa shape index (κ1) is 16.2. The highest BCUT2D eigenvalue weighted by molar-refractivity contribution is 6.11. The van der Waals surface area contributed by atoms with Gasteiger partial charge in [-0.2, -0.15) is 5.10 Å². The molecule has 1 N–H and O–H groups in total. The number of nitrogens with one attached hydrogen (secondary N) is 1. The SMILES string of the molecule is CC(=NNC(=O)[C@H]1C[C@H]1c1ccccc1)c1ccc2c3c(cccc13)CC2. The Kier molecular flexibility index (Phi) is 3.82. The predicted molar refractivity (Wildman–Crippen MR) is 109 cm³/mol. The van der Waals surface area contributed by atoms with Crippen molar-refractivity contribution in [2.24, 2.45) is 11.0 Å². The Balaban J connectivity index is 1.35. The molecule has 134 valence electrons. The molecular formula is C24H22N2O. The van der Waals surface area contributed by atoms with Crippen LogP contribution >= 0.6 is 0 Å². The molecule has 0 aromatic heterocycles. The molecule has 2 aliphatic carbocycles. The van der Waals surface area contributed by atoms with Crippen molar-refractivity contribution in [2.75, 3.05) is 0 Å². The van der Waals surface area contributed by atoms with E-state index in [9.17, 15) is 4.79 Å². The number of rotatable bonds is 4. The van der Waals surface area contributed by atoms with E-state index in [1.807, 2.05) is 25.1 Å². The highest BCUT2D eigenvalue weighted by Gasteiger charge is 2.43. The second-order valence-corrected chi connectivity index (χ2v) is 7.64. The Morgan fingerprint density at radius 3 is 2.56 bits per heavy atom. The summed E-state index contributed by atoms with van der Waals surface area (Å²) in [6.07, 6.45) is 3.14. The fraction of sp³-hybridized carbons (Fsp3) is 0.250. The summed E-state index contributed by atoms with van der Waals surface area (Å²) in [6.45, 7) is 1.97. The highest BCUT2D eigenvalue weighted by Crippen LogP contribution is 2.47. The van der Waals surface area contributed by atoms with Crippen molar-refractivity contribution in [3.8, 4) is 0 Å². The minimum absolute atomic E-state index is 0.0223. The molecule has 5 rings (SSSR count). The number of hydrogen-bond acceptors (Lipinski definition) is 2. The lowest BCUT2D eigenvalue weighted by atomic mass is 9.98. The molecule has 0 saturated heterocycles. The normalized spacial score (nSPS) is 20.7. The van der Waals surface area contributed by atoms with Crippen LogP contribution in [0.4, 0.5) is 0 Å². The lowest BCUT2D eigenvalue weighted by molar-refractivity contribution is -0.122. The first-order valence-corrected chi connectivity index (χ1v) is 9.65. The van der Waals surface area contributed by atoms with E-state index in [0.29, 0.717) is 5.92 Å². The topological polar surface area (TPSA) is 41.5 Å². The zero-order valence-electron chi connectivity index (χ0n) is 15.4. The average Bonchev–Trinajstić information content (AvgIpc) is 3.41. The third-order valence-corrected chi connectivity index (χ3v) is 5.96. The summed E-state index contributed by atoms with van der Waals surface area (Å²) in [6, 6.07) is 21.1. The maximum atomic E-state index is 12.5. The minimum atomic E-state index is 0.0223. The molecule has 0 aliphatic heterocycles. The summed E-state index contributed by atoms with van der Waals surface area (Å²) < 4.78 is 0. The van der Waals surface area contributed by atoms with Crippen LogP contribution < -0.4 is 5.43 Å². The summed E-state index contributed by atoms with van der Waals surface area (Å²) in [7, 11) is 0. The minimum Gasteiger partial charge on any atom is -0.273 e. The average molecular weight is 354 g/mol. The fourth-order valence-electron chi connectivity index (χ4n) is 4.40. The molecule has 0 unspecified atom stereocenters. The fourth-order valence-corrected chi connectivity index (χ4v) is 4.40. The molecule has 0 radical (unpaired) electrons. The maximum absolute atomic E-state index is 12.5. The highest BCUT2D eigenvalue weighted by atomic mass is 16.2. The van der Waals surface area contributed by atoms with Crippen LogP contribution in [-0.2, 0) is 17.6 Å². The summed E-state index contributed by atoms with van der Waals surface area (Å²) in [5, 5.41) is 7.05. The molecule has 1 fully saturated rings. The van der Waals surface area contributed by atoms with E-state index in [4.69, 9.17) is 0 Å². The van der Waals surface area contributed by atoms with E-state index in [1.165, 1.54) is 27.5 Å². The van der Waals surface area contributed by atoms with Gasteiger partial charge in [0.1, 0.15) is 0 Å². The Labute approximate surface area is 159 Å². The zero-order chi connectivity index (χ0) is 18.4. The zero-order valence-corrected chi connectivity index (χ0v) is 15.4. The molecule has 0 bridgehead atoms. The van der Waals surface area contributed by atoms with Crippen LogP contribution in [0.25, 0.3) is 10.8 Å². The van der Waals surface area contributed by atoms with Crippen molar-refractivity contribution < 1.29 is 4.79 Å². The van der Waals surface area contributed by atoms with E-state index in [-0.39, 0.29) is 11.8 Å². The smallest absolute Gasteiger partial charge is 0.243 e. The molecule has 27 heavy (non-hydrogen) atoms. The molecule has 1 saturated carbocycles. The first-order chi connectivity index (χ1) is 13.2. The lowest BCUT2D eigenvalue weighted by Crippen LogP contribution is -2.21. The van der Waals surface area contributed by atoms with Gasteiger partial charge in [0, 0.05) is 11.5 Å². The molecule has 2 aliphatic rings.